The molecule has 2 heterocycles. The lowest BCUT2D eigenvalue weighted by Crippen LogP contribution is -2.07. The summed E-state index contributed by atoms with van der Waals surface area (Å²) in [5.41, 5.74) is 10.8. The zero-order valence-corrected chi connectivity index (χ0v) is 25.5. The first kappa shape index (κ1) is 28.3. The predicted molar refractivity (Wildman–Crippen MR) is 184 cm³/mol. The minimum Gasteiger partial charge on any atom is -0.489 e. The fraction of sp³-hybridized carbons (Fsp3) is 0.143. The highest BCUT2D eigenvalue weighted by Gasteiger charge is 2.27. The molecular formula is C42H34O4. The van der Waals surface area contributed by atoms with E-state index in [-0.39, 0.29) is 12.2 Å². The van der Waals surface area contributed by atoms with Crippen LogP contribution in [0.2, 0.25) is 0 Å². The molecule has 0 aliphatic carbocycles. The van der Waals surface area contributed by atoms with E-state index in [0.717, 1.165) is 80.3 Å². The van der Waals surface area contributed by atoms with E-state index in [1.54, 1.807) is 0 Å². The van der Waals surface area contributed by atoms with Crippen molar-refractivity contribution in [1.82, 2.24) is 0 Å². The summed E-state index contributed by atoms with van der Waals surface area (Å²) in [4.78, 5) is 0. The summed E-state index contributed by atoms with van der Waals surface area (Å²) >= 11 is 0. The van der Waals surface area contributed by atoms with Gasteiger partial charge >= 0.3 is 0 Å². The Bertz CT molecular complexity index is 1670. The average Bonchev–Trinajstić information content (AvgIpc) is 4.07. The Kier molecular flexibility index (Phi) is 7.81. The Hall–Kier alpha value is -5.16. The molecule has 2 fully saturated rings. The van der Waals surface area contributed by atoms with Crippen LogP contribution in [0.3, 0.4) is 0 Å². The maximum Gasteiger partial charge on any atom is 0.135 e. The molecule has 8 rings (SSSR count). The largest absolute Gasteiger partial charge is 0.489 e. The maximum atomic E-state index is 6.60. The van der Waals surface area contributed by atoms with Crippen LogP contribution in [0.5, 0.6) is 11.5 Å². The van der Waals surface area contributed by atoms with Crippen LogP contribution in [0.1, 0.15) is 0 Å². The third-order valence-corrected chi connectivity index (χ3v) is 8.48. The second-order valence-corrected chi connectivity index (χ2v) is 11.8. The number of ether oxygens (including phenoxy) is 4. The van der Waals surface area contributed by atoms with E-state index in [4.69, 9.17) is 18.9 Å². The average molecular weight is 603 g/mol. The van der Waals surface area contributed by atoms with Crippen LogP contribution in [0, 0.1) is 0 Å². The minimum atomic E-state index is 0.141. The highest BCUT2D eigenvalue weighted by molar-refractivity contribution is 5.92. The van der Waals surface area contributed by atoms with Crippen LogP contribution in [-0.2, 0) is 9.47 Å². The Morgan fingerprint density at radius 1 is 0.391 bits per heavy atom. The van der Waals surface area contributed by atoms with Crippen molar-refractivity contribution in [2.24, 2.45) is 0 Å². The van der Waals surface area contributed by atoms with E-state index in [1.165, 1.54) is 0 Å². The molecule has 0 amide bonds. The first-order valence-corrected chi connectivity index (χ1v) is 15.9. The number of rotatable bonds is 11. The molecule has 4 nitrogen and oxygen atoms in total. The molecular weight excluding hydrogens is 568 g/mol. The Balaban J connectivity index is 1.37. The van der Waals surface area contributed by atoms with Gasteiger partial charge in [0.25, 0.3) is 0 Å². The van der Waals surface area contributed by atoms with Crippen molar-refractivity contribution in [2.45, 2.75) is 12.2 Å². The van der Waals surface area contributed by atoms with Crippen molar-refractivity contribution in [2.75, 3.05) is 26.4 Å². The lowest BCUT2D eigenvalue weighted by molar-refractivity contribution is 0.264. The van der Waals surface area contributed by atoms with E-state index in [9.17, 15) is 0 Å². The first-order chi connectivity index (χ1) is 22.8. The topological polar surface area (TPSA) is 43.5 Å². The quantitative estimate of drug-likeness (QED) is 0.139. The highest BCUT2D eigenvalue weighted by atomic mass is 16.6. The van der Waals surface area contributed by atoms with Crippen LogP contribution in [0.15, 0.2) is 146 Å². The Labute approximate surface area is 269 Å². The summed E-state index contributed by atoms with van der Waals surface area (Å²) < 4.78 is 24.3. The first-order valence-electron chi connectivity index (χ1n) is 15.9. The van der Waals surface area contributed by atoms with E-state index in [1.807, 2.05) is 24.3 Å². The van der Waals surface area contributed by atoms with E-state index in [0.29, 0.717) is 13.2 Å². The second-order valence-electron chi connectivity index (χ2n) is 11.8. The van der Waals surface area contributed by atoms with Crippen molar-refractivity contribution in [3.8, 4) is 67.1 Å². The van der Waals surface area contributed by atoms with Gasteiger partial charge in [0.05, 0.1) is 13.2 Å². The number of hydrogen-bond donors (Lipinski definition) is 0. The van der Waals surface area contributed by atoms with E-state index < -0.39 is 0 Å². The van der Waals surface area contributed by atoms with Gasteiger partial charge in [-0.05, 0) is 57.6 Å². The summed E-state index contributed by atoms with van der Waals surface area (Å²) in [6.45, 7) is 2.52. The van der Waals surface area contributed by atoms with E-state index in [2.05, 4.69) is 121 Å². The smallest absolute Gasteiger partial charge is 0.135 e. The third-order valence-electron chi connectivity index (χ3n) is 8.48. The Morgan fingerprint density at radius 2 is 0.652 bits per heavy atom. The summed E-state index contributed by atoms with van der Waals surface area (Å²) in [7, 11) is 0. The van der Waals surface area contributed by atoms with Gasteiger partial charge in [-0.1, -0.05) is 121 Å². The van der Waals surface area contributed by atoms with Crippen LogP contribution >= 0.6 is 0 Å². The van der Waals surface area contributed by atoms with Gasteiger partial charge in [0.15, 0.2) is 0 Å². The molecule has 0 spiro atoms. The number of hydrogen-bond acceptors (Lipinski definition) is 4. The van der Waals surface area contributed by atoms with Crippen LogP contribution in [0.4, 0.5) is 0 Å². The standard InChI is InChI=1S/C42H34O4/c1-5-13-29(14-6-1)37-21-33(22-38(30-15-7-2-8-16-30)41(37)45-27-35-25-43-35)34-23-39(31-17-9-3-10-18-31)42(46-28-36-26-44-36)40(24-34)32-19-11-4-12-20-32/h1-24,35-36H,25-28H2. The molecule has 0 saturated carbocycles. The molecule has 2 saturated heterocycles. The van der Waals surface area contributed by atoms with Gasteiger partial charge in [-0.3, -0.25) is 0 Å². The minimum absolute atomic E-state index is 0.141. The van der Waals surface area contributed by atoms with Gasteiger partial charge in [0.1, 0.15) is 36.9 Å². The lowest BCUT2D eigenvalue weighted by Gasteiger charge is -2.21. The summed E-state index contributed by atoms with van der Waals surface area (Å²) in [5, 5.41) is 0. The van der Waals surface area contributed by atoms with Crippen molar-refractivity contribution in [1.29, 1.82) is 0 Å². The second kappa shape index (κ2) is 12.7. The van der Waals surface area contributed by atoms with Gasteiger partial charge in [-0.15, -0.1) is 0 Å². The molecule has 2 atom stereocenters. The van der Waals surface area contributed by atoms with Gasteiger partial charge < -0.3 is 18.9 Å². The lowest BCUT2D eigenvalue weighted by atomic mass is 9.88. The molecule has 46 heavy (non-hydrogen) atoms. The van der Waals surface area contributed by atoms with Gasteiger partial charge in [0.2, 0.25) is 0 Å². The van der Waals surface area contributed by atoms with Crippen LogP contribution in [-0.4, -0.2) is 38.6 Å². The van der Waals surface area contributed by atoms with Crippen LogP contribution < -0.4 is 9.47 Å². The van der Waals surface area contributed by atoms with Gasteiger partial charge in [0, 0.05) is 22.3 Å². The van der Waals surface area contributed by atoms with Gasteiger partial charge in [-0.2, -0.15) is 0 Å². The molecule has 2 aliphatic rings. The predicted octanol–water partition coefficient (Wildman–Crippen LogP) is 9.58. The molecule has 0 bridgehead atoms. The van der Waals surface area contributed by atoms with Crippen LogP contribution in [0.25, 0.3) is 55.6 Å². The van der Waals surface area contributed by atoms with Crippen molar-refractivity contribution >= 4 is 0 Å². The molecule has 226 valence electrons. The summed E-state index contributed by atoms with van der Waals surface area (Å²) in [6, 6.07) is 51.1. The molecule has 2 unspecified atom stereocenters. The Morgan fingerprint density at radius 3 is 0.891 bits per heavy atom. The van der Waals surface area contributed by atoms with Crippen molar-refractivity contribution in [3.63, 3.8) is 0 Å². The normalized spacial score (nSPS) is 16.5. The van der Waals surface area contributed by atoms with E-state index >= 15 is 0 Å². The number of benzene rings is 6. The van der Waals surface area contributed by atoms with Gasteiger partial charge in [-0.25, -0.2) is 0 Å². The SMILES string of the molecule is c1ccc(-c2cc(-c3cc(-c4ccccc4)c(OCC4CO4)c(-c4ccccc4)c3)cc(-c3ccccc3)c2OCC2CO2)cc1. The molecule has 0 radical (unpaired) electrons. The summed E-state index contributed by atoms with van der Waals surface area (Å²) in [5.74, 6) is 1.74. The third kappa shape index (κ3) is 6.18. The summed E-state index contributed by atoms with van der Waals surface area (Å²) in [6.07, 6.45) is 0.282. The molecule has 0 aromatic heterocycles. The number of epoxide rings is 2. The van der Waals surface area contributed by atoms with Crippen molar-refractivity contribution in [3.05, 3.63) is 146 Å². The monoisotopic (exact) mass is 602 g/mol. The highest BCUT2D eigenvalue weighted by Crippen LogP contribution is 2.47. The molecule has 4 heteroatoms. The fourth-order valence-corrected chi connectivity index (χ4v) is 5.91. The molecule has 6 aromatic rings. The molecule has 0 N–H and O–H groups in total. The molecule has 2 aliphatic heterocycles. The molecule has 6 aromatic carbocycles. The fourth-order valence-electron chi connectivity index (χ4n) is 5.91. The van der Waals surface area contributed by atoms with Crippen molar-refractivity contribution < 1.29 is 18.9 Å². The maximum absolute atomic E-state index is 6.60. The zero-order valence-electron chi connectivity index (χ0n) is 25.5. The zero-order chi connectivity index (χ0) is 30.7.